The van der Waals surface area contributed by atoms with Gasteiger partial charge in [-0.15, -0.1) is 0 Å². The molecule has 1 aromatic heterocycles. The fourth-order valence-corrected chi connectivity index (χ4v) is 6.73. The lowest BCUT2D eigenvalue weighted by atomic mass is 9.55. The van der Waals surface area contributed by atoms with Crippen molar-refractivity contribution in [1.82, 2.24) is 9.88 Å². The molecule has 1 aromatic carbocycles. The van der Waals surface area contributed by atoms with Crippen molar-refractivity contribution in [2.75, 3.05) is 13.1 Å². The van der Waals surface area contributed by atoms with Crippen LogP contribution in [0.5, 0.6) is 0 Å². The molecule has 26 heavy (non-hydrogen) atoms. The van der Waals surface area contributed by atoms with Crippen LogP contribution in [0.4, 0.5) is 0 Å². The summed E-state index contributed by atoms with van der Waals surface area (Å²) < 4.78 is 0. The molecule has 0 unspecified atom stereocenters. The molecule has 0 radical (unpaired) electrons. The second-order valence-electron chi connectivity index (χ2n) is 8.84. The lowest BCUT2D eigenvalue weighted by molar-refractivity contribution is -0.00813. The van der Waals surface area contributed by atoms with Gasteiger partial charge in [-0.25, -0.2) is 0 Å². The molecule has 2 nitrogen and oxygen atoms in total. The summed E-state index contributed by atoms with van der Waals surface area (Å²) >= 11 is 0. The summed E-state index contributed by atoms with van der Waals surface area (Å²) in [6.45, 7) is 7.31. The smallest absolute Gasteiger partial charge is 0.0705 e. The van der Waals surface area contributed by atoms with Crippen LogP contribution < -0.4 is 0 Å². The Hall–Kier alpha value is -1.41. The van der Waals surface area contributed by atoms with Crippen LogP contribution in [0.2, 0.25) is 0 Å². The number of hydrogen-bond donors (Lipinski definition) is 0. The molecule has 5 rings (SSSR count). The number of hydrogen-bond acceptors (Lipinski definition) is 2. The number of likely N-dealkylation sites (tertiary alicyclic amines) is 1. The van der Waals surface area contributed by atoms with E-state index in [0.29, 0.717) is 5.92 Å². The van der Waals surface area contributed by atoms with E-state index in [1.165, 1.54) is 68.2 Å². The molecule has 0 bridgehead atoms. The van der Waals surface area contributed by atoms with Crippen LogP contribution in [0, 0.1) is 11.8 Å². The minimum Gasteiger partial charge on any atom is -0.300 e. The second kappa shape index (κ2) is 6.64. The first-order valence-corrected chi connectivity index (χ1v) is 11.0. The summed E-state index contributed by atoms with van der Waals surface area (Å²) in [4.78, 5) is 8.09. The normalized spacial score (nSPS) is 33.7. The molecule has 2 aromatic rings. The Kier molecular flexibility index (Phi) is 4.27. The van der Waals surface area contributed by atoms with E-state index in [9.17, 15) is 0 Å². The predicted molar refractivity (Wildman–Crippen MR) is 109 cm³/mol. The van der Waals surface area contributed by atoms with E-state index >= 15 is 0 Å². The first-order chi connectivity index (χ1) is 12.8. The highest BCUT2D eigenvalue weighted by atomic mass is 15.2. The SMILES string of the molecule is CCCN1CC[C@H]2c3cc4ccccc4nc3[C@H](CC)[C@H]3CCC[C@@H]1[C@@H]32. The molecule has 138 valence electrons. The van der Waals surface area contributed by atoms with Crippen LogP contribution in [0.25, 0.3) is 10.9 Å². The number of aromatic nitrogens is 1. The van der Waals surface area contributed by atoms with Crippen molar-refractivity contribution in [3.8, 4) is 0 Å². The summed E-state index contributed by atoms with van der Waals surface area (Å²) in [6, 6.07) is 12.1. The molecule has 2 heteroatoms. The highest BCUT2D eigenvalue weighted by molar-refractivity contribution is 5.80. The van der Waals surface area contributed by atoms with Gasteiger partial charge in [0.1, 0.15) is 0 Å². The number of fused-ring (bicyclic) bond motifs is 3. The van der Waals surface area contributed by atoms with Crippen LogP contribution in [0.15, 0.2) is 30.3 Å². The summed E-state index contributed by atoms with van der Waals surface area (Å²) in [5.74, 6) is 3.13. The maximum atomic E-state index is 5.25. The standard InChI is InChI=1S/C24H32N2/c1-3-13-26-14-12-19-20-15-16-8-5-6-10-21(16)25-24(20)17(4-2)18-9-7-11-22(26)23(18)19/h5-6,8,10,15,17-19,22-23H,3-4,7,9,11-14H2,1-2H3/t17-,18-,19+,22-,23+/m1/s1. The maximum absolute atomic E-state index is 5.25. The zero-order valence-electron chi connectivity index (χ0n) is 16.3. The van der Waals surface area contributed by atoms with Crippen molar-refractivity contribution >= 4 is 10.9 Å². The van der Waals surface area contributed by atoms with Crippen LogP contribution in [-0.4, -0.2) is 29.0 Å². The number of piperidine rings is 1. The quantitative estimate of drug-likeness (QED) is 0.704. The zero-order chi connectivity index (χ0) is 17.7. The summed E-state index contributed by atoms with van der Waals surface area (Å²) in [6.07, 6.45) is 8.12. The average Bonchev–Trinajstić information content (AvgIpc) is 2.68. The Bertz CT molecular complexity index is 798. The Morgan fingerprint density at radius 2 is 2.00 bits per heavy atom. The summed E-state index contributed by atoms with van der Waals surface area (Å²) in [7, 11) is 0. The topological polar surface area (TPSA) is 16.1 Å². The highest BCUT2D eigenvalue weighted by Gasteiger charge is 2.50. The number of pyridine rings is 1. The van der Waals surface area contributed by atoms with Crippen molar-refractivity contribution in [2.24, 2.45) is 11.8 Å². The van der Waals surface area contributed by atoms with Gasteiger partial charge in [0, 0.05) is 23.0 Å². The first-order valence-electron chi connectivity index (χ1n) is 11.0. The molecular formula is C24H32N2. The van der Waals surface area contributed by atoms with Crippen LogP contribution >= 0.6 is 0 Å². The van der Waals surface area contributed by atoms with Gasteiger partial charge >= 0.3 is 0 Å². The molecule has 0 amide bonds. The molecule has 5 atom stereocenters. The molecule has 2 aliphatic carbocycles. The molecule has 2 heterocycles. The van der Waals surface area contributed by atoms with Gasteiger partial charge in [0.2, 0.25) is 0 Å². The van der Waals surface area contributed by atoms with Crippen molar-refractivity contribution < 1.29 is 0 Å². The molecule has 0 spiro atoms. The summed E-state index contributed by atoms with van der Waals surface area (Å²) in [5, 5.41) is 1.34. The van der Waals surface area contributed by atoms with E-state index in [1.54, 1.807) is 5.56 Å². The third kappa shape index (κ3) is 2.45. The van der Waals surface area contributed by atoms with Crippen molar-refractivity contribution in [2.45, 2.75) is 70.3 Å². The third-order valence-corrected chi connectivity index (χ3v) is 7.64. The van der Waals surface area contributed by atoms with E-state index in [-0.39, 0.29) is 0 Å². The van der Waals surface area contributed by atoms with Gasteiger partial charge in [-0.05, 0) is 80.6 Å². The van der Waals surface area contributed by atoms with Crippen molar-refractivity contribution in [3.63, 3.8) is 0 Å². The van der Waals surface area contributed by atoms with E-state index in [4.69, 9.17) is 4.98 Å². The van der Waals surface area contributed by atoms with Gasteiger partial charge in [-0.3, -0.25) is 4.98 Å². The van der Waals surface area contributed by atoms with Crippen LogP contribution in [0.3, 0.4) is 0 Å². The minimum atomic E-state index is 0.667. The van der Waals surface area contributed by atoms with Crippen LogP contribution in [0.1, 0.15) is 75.5 Å². The fraction of sp³-hybridized carbons (Fsp3) is 0.625. The van der Waals surface area contributed by atoms with E-state index in [1.807, 2.05) is 0 Å². The Morgan fingerprint density at radius 1 is 1.12 bits per heavy atom. The zero-order valence-corrected chi connectivity index (χ0v) is 16.3. The minimum absolute atomic E-state index is 0.667. The van der Waals surface area contributed by atoms with E-state index < -0.39 is 0 Å². The number of para-hydroxylation sites is 1. The van der Waals surface area contributed by atoms with Gasteiger partial charge in [0.15, 0.2) is 0 Å². The largest absolute Gasteiger partial charge is 0.300 e. The molecule has 3 aliphatic rings. The van der Waals surface area contributed by atoms with Gasteiger partial charge < -0.3 is 4.90 Å². The van der Waals surface area contributed by atoms with Crippen molar-refractivity contribution in [1.29, 1.82) is 0 Å². The Labute approximate surface area is 158 Å². The van der Waals surface area contributed by atoms with Gasteiger partial charge in [0.05, 0.1) is 5.52 Å². The monoisotopic (exact) mass is 348 g/mol. The average molecular weight is 349 g/mol. The third-order valence-electron chi connectivity index (χ3n) is 7.64. The number of benzene rings is 1. The maximum Gasteiger partial charge on any atom is 0.0705 e. The lowest BCUT2D eigenvalue weighted by Crippen LogP contribution is -2.55. The van der Waals surface area contributed by atoms with Gasteiger partial charge in [0.25, 0.3) is 0 Å². The van der Waals surface area contributed by atoms with E-state index in [0.717, 1.165) is 23.8 Å². The van der Waals surface area contributed by atoms with Gasteiger partial charge in [-0.2, -0.15) is 0 Å². The molecule has 2 fully saturated rings. The lowest BCUT2D eigenvalue weighted by Gasteiger charge is -2.56. The predicted octanol–water partition coefficient (Wildman–Crippen LogP) is 5.73. The first kappa shape index (κ1) is 16.7. The number of nitrogens with zero attached hydrogens (tertiary/aromatic N) is 2. The highest BCUT2D eigenvalue weighted by Crippen LogP contribution is 2.57. The molecule has 1 saturated carbocycles. The molecule has 1 aliphatic heterocycles. The van der Waals surface area contributed by atoms with E-state index in [2.05, 4.69) is 49.1 Å². The molecular weight excluding hydrogens is 316 g/mol. The second-order valence-corrected chi connectivity index (χ2v) is 8.84. The Balaban J connectivity index is 1.65. The number of rotatable bonds is 3. The fourth-order valence-electron chi connectivity index (χ4n) is 6.73. The Morgan fingerprint density at radius 3 is 2.85 bits per heavy atom. The summed E-state index contributed by atoms with van der Waals surface area (Å²) in [5.41, 5.74) is 4.26. The molecule has 0 N–H and O–H groups in total. The van der Waals surface area contributed by atoms with Crippen LogP contribution in [-0.2, 0) is 0 Å². The van der Waals surface area contributed by atoms with Gasteiger partial charge in [-0.1, -0.05) is 38.5 Å². The molecule has 1 saturated heterocycles. The van der Waals surface area contributed by atoms with Crippen molar-refractivity contribution in [3.05, 3.63) is 41.6 Å².